The molecule has 1 heterocycles. The molecule has 2 rings (SSSR count). The van der Waals surface area contributed by atoms with Gasteiger partial charge in [0.05, 0.1) is 18.8 Å². The van der Waals surface area contributed by atoms with Gasteiger partial charge in [-0.1, -0.05) is 52.4 Å². The molecule has 0 spiro atoms. The minimum absolute atomic E-state index is 0.202. The first-order chi connectivity index (χ1) is 7.79. The van der Waals surface area contributed by atoms with Gasteiger partial charge in [0, 0.05) is 11.0 Å². The van der Waals surface area contributed by atoms with E-state index < -0.39 is 0 Å². The number of hydrogen-bond donors (Lipinski definition) is 0. The van der Waals surface area contributed by atoms with Crippen LogP contribution in [-0.2, 0) is 9.47 Å². The average Bonchev–Trinajstić information content (AvgIpc) is 2.80. The van der Waals surface area contributed by atoms with Crippen LogP contribution >= 0.6 is 22.6 Å². The van der Waals surface area contributed by atoms with Gasteiger partial charge < -0.3 is 9.47 Å². The Bertz CT molecular complexity index is 317. The lowest BCUT2D eigenvalue weighted by atomic mass is 10.1. The number of alkyl halides is 1. The molecule has 0 aliphatic carbocycles. The zero-order chi connectivity index (χ0) is 11.4. The van der Waals surface area contributed by atoms with Crippen LogP contribution in [0.2, 0.25) is 0 Å². The number of ether oxygens (including phenoxy) is 2. The van der Waals surface area contributed by atoms with E-state index in [1.807, 2.05) is 0 Å². The molecule has 0 aromatic heterocycles. The monoisotopic (exact) mass is 332 g/mol. The molecule has 1 aromatic rings. The smallest absolute Gasteiger partial charge is 0.0919 e. The molecule has 2 unspecified atom stereocenters. The van der Waals surface area contributed by atoms with E-state index >= 15 is 0 Å². The first-order valence-electron chi connectivity index (χ1n) is 5.65. The number of halogens is 1. The summed E-state index contributed by atoms with van der Waals surface area (Å²) in [6, 6.07) is 8.61. The van der Waals surface area contributed by atoms with Gasteiger partial charge in [-0.05, 0) is 18.9 Å². The second-order valence-corrected chi connectivity index (χ2v) is 5.06. The Morgan fingerprint density at radius 3 is 2.75 bits per heavy atom. The van der Waals surface area contributed by atoms with Crippen LogP contribution in [0.1, 0.15) is 23.7 Å². The molecule has 1 aromatic carbocycles. The van der Waals surface area contributed by atoms with Gasteiger partial charge in [0.25, 0.3) is 0 Å². The molecular formula is C13H17IO2. The fourth-order valence-electron chi connectivity index (χ4n) is 1.84. The number of rotatable bonds is 4. The number of aryl methyl sites for hydroxylation is 1. The second kappa shape index (κ2) is 5.98. The van der Waals surface area contributed by atoms with Crippen molar-refractivity contribution in [3.63, 3.8) is 0 Å². The van der Waals surface area contributed by atoms with Crippen LogP contribution in [0.4, 0.5) is 0 Å². The SMILES string of the molecule is Cc1ccc(C(CI)OC2CCOC2)cc1. The van der Waals surface area contributed by atoms with Crippen LogP contribution in [0.5, 0.6) is 0 Å². The van der Waals surface area contributed by atoms with Crippen LogP contribution < -0.4 is 0 Å². The highest BCUT2D eigenvalue weighted by molar-refractivity contribution is 14.1. The molecule has 0 radical (unpaired) electrons. The van der Waals surface area contributed by atoms with Crippen LogP contribution in [0.3, 0.4) is 0 Å². The van der Waals surface area contributed by atoms with Crippen molar-refractivity contribution in [2.75, 3.05) is 17.6 Å². The highest BCUT2D eigenvalue weighted by Crippen LogP contribution is 2.24. The van der Waals surface area contributed by atoms with E-state index in [0.29, 0.717) is 0 Å². The Hall–Kier alpha value is -0.130. The summed E-state index contributed by atoms with van der Waals surface area (Å²) in [5.74, 6) is 0. The van der Waals surface area contributed by atoms with E-state index in [9.17, 15) is 0 Å². The fraction of sp³-hybridized carbons (Fsp3) is 0.538. The lowest BCUT2D eigenvalue weighted by Crippen LogP contribution is -2.17. The van der Waals surface area contributed by atoms with E-state index in [2.05, 4.69) is 53.8 Å². The second-order valence-electron chi connectivity index (χ2n) is 4.18. The summed E-state index contributed by atoms with van der Waals surface area (Å²) in [5.41, 5.74) is 2.56. The molecule has 16 heavy (non-hydrogen) atoms. The Morgan fingerprint density at radius 1 is 1.44 bits per heavy atom. The van der Waals surface area contributed by atoms with Crippen LogP contribution in [0.15, 0.2) is 24.3 Å². The van der Waals surface area contributed by atoms with Crippen LogP contribution in [0, 0.1) is 6.92 Å². The van der Waals surface area contributed by atoms with Gasteiger partial charge in [0.15, 0.2) is 0 Å². The highest BCUT2D eigenvalue weighted by Gasteiger charge is 2.21. The predicted molar refractivity (Wildman–Crippen MR) is 73.1 cm³/mol. The highest BCUT2D eigenvalue weighted by atomic mass is 127. The maximum atomic E-state index is 6.05. The quantitative estimate of drug-likeness (QED) is 0.622. The Labute approximate surface area is 110 Å². The van der Waals surface area contributed by atoms with Crippen molar-refractivity contribution >= 4 is 22.6 Å². The lowest BCUT2D eigenvalue weighted by molar-refractivity contribution is -0.00383. The van der Waals surface area contributed by atoms with Gasteiger partial charge in [0.1, 0.15) is 0 Å². The normalized spacial score (nSPS) is 22.2. The molecule has 3 heteroatoms. The lowest BCUT2D eigenvalue weighted by Gasteiger charge is -2.20. The van der Waals surface area contributed by atoms with Gasteiger partial charge in [-0.2, -0.15) is 0 Å². The molecule has 2 atom stereocenters. The van der Waals surface area contributed by atoms with E-state index in [1.54, 1.807) is 0 Å². The molecule has 1 aliphatic heterocycles. The molecule has 1 aliphatic rings. The first-order valence-corrected chi connectivity index (χ1v) is 7.18. The predicted octanol–water partition coefficient (Wildman–Crippen LogP) is 3.28. The van der Waals surface area contributed by atoms with Crippen molar-refractivity contribution in [2.45, 2.75) is 25.6 Å². The largest absolute Gasteiger partial charge is 0.379 e. The topological polar surface area (TPSA) is 18.5 Å². The van der Waals surface area contributed by atoms with Crippen molar-refractivity contribution in [2.24, 2.45) is 0 Å². The minimum atomic E-state index is 0.202. The third-order valence-corrected chi connectivity index (χ3v) is 3.63. The summed E-state index contributed by atoms with van der Waals surface area (Å²) in [6.07, 6.45) is 1.51. The molecule has 0 N–H and O–H groups in total. The van der Waals surface area contributed by atoms with Gasteiger partial charge in [-0.3, -0.25) is 0 Å². The zero-order valence-corrected chi connectivity index (χ0v) is 11.6. The maximum absolute atomic E-state index is 6.05. The molecule has 1 fully saturated rings. The average molecular weight is 332 g/mol. The summed E-state index contributed by atoms with van der Waals surface area (Å²) in [7, 11) is 0. The minimum Gasteiger partial charge on any atom is -0.379 e. The molecule has 1 saturated heterocycles. The van der Waals surface area contributed by atoms with Gasteiger partial charge in [-0.25, -0.2) is 0 Å². The van der Waals surface area contributed by atoms with Crippen LogP contribution in [-0.4, -0.2) is 23.7 Å². The summed E-state index contributed by atoms with van der Waals surface area (Å²) < 4.78 is 12.4. The van der Waals surface area contributed by atoms with E-state index in [4.69, 9.17) is 9.47 Å². The fourth-order valence-corrected chi connectivity index (χ4v) is 2.55. The molecule has 0 bridgehead atoms. The Morgan fingerprint density at radius 2 is 2.19 bits per heavy atom. The van der Waals surface area contributed by atoms with Gasteiger partial charge >= 0.3 is 0 Å². The van der Waals surface area contributed by atoms with Crippen LogP contribution in [0.25, 0.3) is 0 Å². The van der Waals surface area contributed by atoms with E-state index in [-0.39, 0.29) is 12.2 Å². The van der Waals surface area contributed by atoms with E-state index in [1.165, 1.54) is 11.1 Å². The van der Waals surface area contributed by atoms with Crippen molar-refractivity contribution in [3.8, 4) is 0 Å². The van der Waals surface area contributed by atoms with Gasteiger partial charge in [0.2, 0.25) is 0 Å². The molecule has 0 saturated carbocycles. The molecule has 88 valence electrons. The Balaban J connectivity index is 2.00. The summed E-state index contributed by atoms with van der Waals surface area (Å²) in [4.78, 5) is 0. The van der Waals surface area contributed by atoms with Crippen molar-refractivity contribution in [1.82, 2.24) is 0 Å². The molecule has 2 nitrogen and oxygen atoms in total. The van der Waals surface area contributed by atoms with Crippen molar-refractivity contribution in [3.05, 3.63) is 35.4 Å². The summed E-state index contributed by atoms with van der Waals surface area (Å²) in [5, 5.41) is 0. The maximum Gasteiger partial charge on any atom is 0.0919 e. The Kier molecular flexibility index (Phi) is 4.61. The third kappa shape index (κ3) is 3.18. The third-order valence-electron chi connectivity index (χ3n) is 2.83. The number of benzene rings is 1. The zero-order valence-electron chi connectivity index (χ0n) is 9.49. The van der Waals surface area contributed by atoms with Crippen molar-refractivity contribution < 1.29 is 9.47 Å². The standard InChI is InChI=1S/C13H17IO2/c1-10-2-4-11(5-3-10)13(8-14)16-12-6-7-15-9-12/h2-5,12-13H,6-9H2,1H3. The molecular weight excluding hydrogens is 315 g/mol. The number of hydrogen-bond acceptors (Lipinski definition) is 2. The van der Waals surface area contributed by atoms with Crippen molar-refractivity contribution in [1.29, 1.82) is 0 Å². The summed E-state index contributed by atoms with van der Waals surface area (Å²) >= 11 is 2.38. The first kappa shape index (κ1) is 12.3. The van der Waals surface area contributed by atoms with Gasteiger partial charge in [-0.15, -0.1) is 0 Å². The summed E-state index contributed by atoms with van der Waals surface area (Å²) in [6.45, 7) is 3.69. The van der Waals surface area contributed by atoms with E-state index in [0.717, 1.165) is 24.1 Å². The molecule has 0 amide bonds.